The SMILES string of the molecule is C/C(=C(/C#N)C(=O)CCC(O)CO)c1ccc2cc(N3CCCC3)ccc2c1. The average Bonchev–Trinajstić information content (AvgIpc) is 3.26. The molecule has 2 aromatic rings. The summed E-state index contributed by atoms with van der Waals surface area (Å²) in [6, 6.07) is 14.4. The molecular formula is C23H26N2O3. The lowest BCUT2D eigenvalue weighted by molar-refractivity contribution is -0.115. The summed E-state index contributed by atoms with van der Waals surface area (Å²) >= 11 is 0. The Morgan fingerprint density at radius 1 is 1.18 bits per heavy atom. The highest BCUT2D eigenvalue weighted by Crippen LogP contribution is 2.28. The molecule has 0 saturated carbocycles. The van der Waals surface area contributed by atoms with Crippen LogP contribution >= 0.6 is 0 Å². The van der Waals surface area contributed by atoms with E-state index >= 15 is 0 Å². The van der Waals surface area contributed by atoms with Crippen LogP contribution in [-0.4, -0.2) is 41.8 Å². The smallest absolute Gasteiger partial charge is 0.173 e. The summed E-state index contributed by atoms with van der Waals surface area (Å²) < 4.78 is 0. The lowest BCUT2D eigenvalue weighted by Gasteiger charge is -2.18. The van der Waals surface area contributed by atoms with E-state index in [1.807, 2.05) is 24.3 Å². The number of Topliss-reactive ketones (excluding diaryl/α,β-unsaturated/α-hetero) is 1. The van der Waals surface area contributed by atoms with Gasteiger partial charge in [0, 0.05) is 25.2 Å². The van der Waals surface area contributed by atoms with Crippen LogP contribution in [0.25, 0.3) is 16.3 Å². The quantitative estimate of drug-likeness (QED) is 0.569. The molecule has 3 rings (SSSR count). The van der Waals surface area contributed by atoms with Crippen LogP contribution in [0.2, 0.25) is 0 Å². The minimum absolute atomic E-state index is 0.0364. The molecule has 28 heavy (non-hydrogen) atoms. The second-order valence-corrected chi connectivity index (χ2v) is 7.35. The van der Waals surface area contributed by atoms with E-state index < -0.39 is 6.10 Å². The maximum absolute atomic E-state index is 12.4. The van der Waals surface area contributed by atoms with Gasteiger partial charge in [0.15, 0.2) is 5.78 Å². The van der Waals surface area contributed by atoms with Crippen molar-refractivity contribution in [2.45, 2.75) is 38.7 Å². The van der Waals surface area contributed by atoms with Gasteiger partial charge in [0.05, 0.1) is 18.3 Å². The Kier molecular flexibility index (Phi) is 6.45. The third-order valence-electron chi connectivity index (χ3n) is 5.41. The second kappa shape index (κ2) is 9.01. The number of fused-ring (bicyclic) bond motifs is 1. The van der Waals surface area contributed by atoms with Crippen LogP contribution < -0.4 is 4.90 Å². The Labute approximate surface area is 165 Å². The number of nitriles is 1. The Bertz CT molecular complexity index is 937. The first-order valence-electron chi connectivity index (χ1n) is 9.75. The van der Waals surface area contributed by atoms with Crippen molar-refractivity contribution in [3.63, 3.8) is 0 Å². The third-order valence-corrected chi connectivity index (χ3v) is 5.41. The zero-order valence-corrected chi connectivity index (χ0v) is 16.2. The fourth-order valence-corrected chi connectivity index (χ4v) is 3.65. The Balaban J connectivity index is 1.86. The minimum atomic E-state index is -0.935. The predicted molar refractivity (Wildman–Crippen MR) is 111 cm³/mol. The first-order valence-corrected chi connectivity index (χ1v) is 9.75. The topological polar surface area (TPSA) is 84.6 Å². The number of rotatable bonds is 7. The first-order chi connectivity index (χ1) is 13.5. The van der Waals surface area contributed by atoms with Crippen molar-refractivity contribution in [3.8, 4) is 6.07 Å². The van der Waals surface area contributed by atoms with Crippen molar-refractivity contribution >= 4 is 27.8 Å². The van der Waals surface area contributed by atoms with Crippen LogP contribution in [-0.2, 0) is 4.79 Å². The van der Waals surface area contributed by atoms with Gasteiger partial charge in [-0.15, -0.1) is 0 Å². The van der Waals surface area contributed by atoms with Gasteiger partial charge in [-0.2, -0.15) is 5.26 Å². The Hall–Kier alpha value is -2.68. The molecule has 1 aliphatic rings. The van der Waals surface area contributed by atoms with Crippen LogP contribution in [0.15, 0.2) is 42.0 Å². The van der Waals surface area contributed by atoms with Gasteiger partial charge in [0.1, 0.15) is 6.07 Å². The van der Waals surface area contributed by atoms with Crippen LogP contribution in [0, 0.1) is 11.3 Å². The average molecular weight is 378 g/mol. The molecule has 5 heteroatoms. The number of anilines is 1. The maximum atomic E-state index is 12.4. The Morgan fingerprint density at radius 2 is 1.86 bits per heavy atom. The third kappa shape index (κ3) is 4.41. The van der Waals surface area contributed by atoms with Crippen LogP contribution in [0.4, 0.5) is 5.69 Å². The standard InChI is InChI=1S/C23H26N2O3/c1-16(22(14-24)23(28)9-8-21(27)15-26)17-4-5-19-13-20(7-6-18(19)12-17)25-10-2-3-11-25/h4-7,12-13,21,26-27H,2-3,8-11,15H2,1H3/b22-16+. The number of aliphatic hydroxyl groups excluding tert-OH is 2. The number of hydrogen-bond acceptors (Lipinski definition) is 5. The highest BCUT2D eigenvalue weighted by Gasteiger charge is 2.16. The molecule has 0 aliphatic carbocycles. The largest absolute Gasteiger partial charge is 0.394 e. The molecule has 146 valence electrons. The first kappa shape index (κ1) is 20.1. The van der Waals surface area contributed by atoms with Crippen molar-refractivity contribution in [2.75, 3.05) is 24.6 Å². The van der Waals surface area contributed by atoms with Crippen molar-refractivity contribution < 1.29 is 15.0 Å². The lowest BCUT2D eigenvalue weighted by atomic mass is 9.95. The highest BCUT2D eigenvalue weighted by atomic mass is 16.3. The highest BCUT2D eigenvalue weighted by molar-refractivity contribution is 6.06. The summed E-state index contributed by atoms with van der Waals surface area (Å²) in [6.07, 6.45) is 1.72. The summed E-state index contributed by atoms with van der Waals surface area (Å²) in [7, 11) is 0. The van der Waals surface area contributed by atoms with Gasteiger partial charge in [-0.1, -0.05) is 18.2 Å². The molecule has 0 radical (unpaired) electrons. The molecule has 1 aliphatic heterocycles. The predicted octanol–water partition coefficient (Wildman–Crippen LogP) is 3.44. The molecule has 2 aromatic carbocycles. The zero-order chi connectivity index (χ0) is 20.1. The molecular weight excluding hydrogens is 352 g/mol. The molecule has 0 amide bonds. The van der Waals surface area contributed by atoms with E-state index in [1.54, 1.807) is 6.92 Å². The second-order valence-electron chi connectivity index (χ2n) is 7.35. The number of hydrogen-bond donors (Lipinski definition) is 2. The van der Waals surface area contributed by atoms with E-state index in [-0.39, 0.29) is 30.8 Å². The van der Waals surface area contributed by atoms with Crippen LogP contribution in [0.1, 0.15) is 38.2 Å². The molecule has 1 atom stereocenters. The van der Waals surface area contributed by atoms with Crippen molar-refractivity contribution in [1.82, 2.24) is 0 Å². The molecule has 0 spiro atoms. The van der Waals surface area contributed by atoms with Gasteiger partial charge in [-0.05, 0) is 66.3 Å². The molecule has 1 fully saturated rings. The molecule has 1 unspecified atom stereocenters. The minimum Gasteiger partial charge on any atom is -0.394 e. The number of ketones is 1. The van der Waals surface area contributed by atoms with E-state index in [1.165, 1.54) is 18.5 Å². The van der Waals surface area contributed by atoms with Crippen molar-refractivity contribution in [3.05, 3.63) is 47.5 Å². The van der Waals surface area contributed by atoms with Gasteiger partial charge >= 0.3 is 0 Å². The van der Waals surface area contributed by atoms with Gasteiger partial charge < -0.3 is 15.1 Å². The van der Waals surface area contributed by atoms with Gasteiger partial charge in [-0.25, -0.2) is 0 Å². The van der Waals surface area contributed by atoms with Gasteiger partial charge in [-0.3, -0.25) is 4.79 Å². The normalized spacial score (nSPS) is 16.0. The summed E-state index contributed by atoms with van der Waals surface area (Å²) in [5, 5.41) is 30.0. The Morgan fingerprint density at radius 3 is 2.54 bits per heavy atom. The number of aliphatic hydroxyl groups is 2. The maximum Gasteiger partial charge on any atom is 0.173 e. The molecule has 1 saturated heterocycles. The van der Waals surface area contributed by atoms with Gasteiger partial charge in [0.25, 0.3) is 0 Å². The monoisotopic (exact) mass is 378 g/mol. The van der Waals surface area contributed by atoms with E-state index in [2.05, 4.69) is 23.1 Å². The summed E-state index contributed by atoms with van der Waals surface area (Å²) in [6.45, 7) is 3.59. The summed E-state index contributed by atoms with van der Waals surface area (Å²) in [4.78, 5) is 14.8. The lowest BCUT2D eigenvalue weighted by Crippen LogP contribution is -2.17. The zero-order valence-electron chi connectivity index (χ0n) is 16.2. The van der Waals surface area contributed by atoms with Crippen molar-refractivity contribution in [1.29, 1.82) is 5.26 Å². The molecule has 5 nitrogen and oxygen atoms in total. The van der Waals surface area contributed by atoms with Crippen LogP contribution in [0.3, 0.4) is 0 Å². The van der Waals surface area contributed by atoms with E-state index in [0.29, 0.717) is 5.57 Å². The molecule has 0 bridgehead atoms. The van der Waals surface area contributed by atoms with E-state index in [9.17, 15) is 15.2 Å². The molecule has 2 N–H and O–H groups in total. The summed E-state index contributed by atoms with van der Waals surface area (Å²) in [5.74, 6) is -0.308. The number of carbonyl (C=O) groups is 1. The number of nitrogens with zero attached hydrogens (tertiary/aromatic N) is 2. The fraction of sp³-hybridized carbons (Fsp3) is 0.391. The van der Waals surface area contributed by atoms with Gasteiger partial charge in [0.2, 0.25) is 0 Å². The number of carbonyl (C=O) groups excluding carboxylic acids is 1. The number of benzene rings is 2. The van der Waals surface area contributed by atoms with E-state index in [0.717, 1.165) is 29.4 Å². The summed E-state index contributed by atoms with van der Waals surface area (Å²) in [5.41, 5.74) is 2.82. The fourth-order valence-electron chi connectivity index (χ4n) is 3.65. The number of allylic oxidation sites excluding steroid dienone is 2. The van der Waals surface area contributed by atoms with Crippen LogP contribution in [0.5, 0.6) is 0 Å². The molecule has 1 heterocycles. The molecule has 0 aromatic heterocycles. The van der Waals surface area contributed by atoms with Crippen molar-refractivity contribution in [2.24, 2.45) is 0 Å². The van der Waals surface area contributed by atoms with E-state index in [4.69, 9.17) is 5.11 Å².